The average Bonchev–Trinajstić information content (AvgIpc) is 2.41. The van der Waals surface area contributed by atoms with Gasteiger partial charge in [-0.3, -0.25) is 0 Å². The van der Waals surface area contributed by atoms with E-state index < -0.39 is 0 Å². The molecule has 2 rings (SSSR count). The van der Waals surface area contributed by atoms with E-state index in [4.69, 9.17) is 10.3 Å². The lowest BCUT2D eigenvalue weighted by atomic mass is 10.0. The van der Waals surface area contributed by atoms with Crippen molar-refractivity contribution >= 4 is 0 Å². The van der Waals surface area contributed by atoms with Gasteiger partial charge in [0.2, 0.25) is 0 Å². The zero-order chi connectivity index (χ0) is 9.64. The zero-order valence-corrected chi connectivity index (χ0v) is 8.37. The SMILES string of the molecule is Cc1oncc1C1C(CN)C1(C)C. The summed E-state index contributed by atoms with van der Waals surface area (Å²) in [6, 6.07) is 0. The summed E-state index contributed by atoms with van der Waals surface area (Å²) in [5.74, 6) is 2.07. The molecule has 3 heteroatoms. The largest absolute Gasteiger partial charge is 0.361 e. The van der Waals surface area contributed by atoms with Crippen LogP contribution in [0.2, 0.25) is 0 Å². The Morgan fingerprint density at radius 1 is 1.62 bits per heavy atom. The number of aromatic nitrogens is 1. The number of hydrogen-bond donors (Lipinski definition) is 1. The Balaban J connectivity index is 2.26. The van der Waals surface area contributed by atoms with Crippen LogP contribution in [0.4, 0.5) is 0 Å². The summed E-state index contributed by atoms with van der Waals surface area (Å²) in [4.78, 5) is 0. The molecule has 0 bridgehead atoms. The fourth-order valence-corrected chi connectivity index (χ4v) is 2.41. The molecule has 1 aromatic heterocycles. The molecule has 72 valence electrons. The molecule has 1 fully saturated rings. The minimum atomic E-state index is 0.324. The normalized spacial score (nSPS) is 30.5. The summed E-state index contributed by atoms with van der Waals surface area (Å²) in [5, 5.41) is 3.80. The zero-order valence-electron chi connectivity index (χ0n) is 8.37. The van der Waals surface area contributed by atoms with E-state index in [1.54, 1.807) is 0 Å². The number of hydrogen-bond acceptors (Lipinski definition) is 3. The predicted octanol–water partition coefficient (Wildman–Crippen LogP) is 1.68. The first-order valence-electron chi connectivity index (χ1n) is 4.70. The minimum absolute atomic E-state index is 0.324. The van der Waals surface area contributed by atoms with Gasteiger partial charge >= 0.3 is 0 Å². The molecule has 1 aliphatic rings. The van der Waals surface area contributed by atoms with Crippen LogP contribution >= 0.6 is 0 Å². The van der Waals surface area contributed by atoms with Gasteiger partial charge in [0.05, 0.1) is 6.20 Å². The lowest BCUT2D eigenvalue weighted by Crippen LogP contribution is -2.05. The Morgan fingerprint density at radius 2 is 2.31 bits per heavy atom. The van der Waals surface area contributed by atoms with Crippen LogP contribution in [0.15, 0.2) is 10.7 Å². The second-order valence-electron chi connectivity index (χ2n) is 4.48. The number of rotatable bonds is 2. The van der Waals surface area contributed by atoms with E-state index in [0.717, 1.165) is 12.3 Å². The summed E-state index contributed by atoms with van der Waals surface area (Å²) >= 11 is 0. The van der Waals surface area contributed by atoms with Gasteiger partial charge in [0.1, 0.15) is 5.76 Å². The molecule has 1 heterocycles. The van der Waals surface area contributed by atoms with E-state index in [1.807, 2.05) is 13.1 Å². The molecule has 0 radical (unpaired) electrons. The Bertz CT molecular complexity index is 316. The first kappa shape index (κ1) is 8.75. The highest BCUT2D eigenvalue weighted by atomic mass is 16.5. The van der Waals surface area contributed by atoms with Crippen LogP contribution in [0, 0.1) is 18.3 Å². The lowest BCUT2D eigenvalue weighted by molar-refractivity contribution is 0.395. The molecule has 13 heavy (non-hydrogen) atoms. The molecule has 0 spiro atoms. The van der Waals surface area contributed by atoms with Crippen molar-refractivity contribution in [3.63, 3.8) is 0 Å². The molecule has 2 atom stereocenters. The van der Waals surface area contributed by atoms with Gasteiger partial charge < -0.3 is 10.3 Å². The molecule has 3 nitrogen and oxygen atoms in total. The third-order valence-corrected chi connectivity index (χ3v) is 3.43. The Labute approximate surface area is 78.3 Å². The maximum Gasteiger partial charge on any atom is 0.137 e. The van der Waals surface area contributed by atoms with E-state index in [-0.39, 0.29) is 0 Å². The summed E-state index contributed by atoms with van der Waals surface area (Å²) in [7, 11) is 0. The van der Waals surface area contributed by atoms with Gasteiger partial charge in [-0.1, -0.05) is 19.0 Å². The summed E-state index contributed by atoms with van der Waals surface area (Å²) in [6.45, 7) is 7.22. The van der Waals surface area contributed by atoms with Crippen LogP contribution in [-0.2, 0) is 0 Å². The molecule has 1 aromatic rings. The first-order chi connectivity index (χ1) is 6.09. The quantitative estimate of drug-likeness (QED) is 0.753. The maximum atomic E-state index is 5.70. The third-order valence-electron chi connectivity index (χ3n) is 3.43. The van der Waals surface area contributed by atoms with Crippen molar-refractivity contribution in [2.75, 3.05) is 6.54 Å². The molecule has 0 amide bonds. The third kappa shape index (κ3) is 1.10. The highest BCUT2D eigenvalue weighted by molar-refractivity contribution is 5.31. The van der Waals surface area contributed by atoms with Crippen LogP contribution < -0.4 is 5.73 Å². The molecule has 2 N–H and O–H groups in total. The Morgan fingerprint density at radius 3 is 2.69 bits per heavy atom. The van der Waals surface area contributed by atoms with Gasteiger partial charge in [0, 0.05) is 5.56 Å². The molecule has 0 aliphatic heterocycles. The average molecular weight is 180 g/mol. The summed E-state index contributed by atoms with van der Waals surface area (Å²) in [5.41, 5.74) is 7.27. The van der Waals surface area contributed by atoms with Crippen molar-refractivity contribution in [1.82, 2.24) is 5.16 Å². The standard InChI is InChI=1S/C10H16N2O/c1-6-7(5-12-13-6)9-8(4-11)10(9,2)3/h5,8-9H,4,11H2,1-3H3. The number of nitrogens with two attached hydrogens (primary N) is 1. The molecular weight excluding hydrogens is 164 g/mol. The molecule has 0 aromatic carbocycles. The first-order valence-corrected chi connectivity index (χ1v) is 4.70. The predicted molar refractivity (Wildman–Crippen MR) is 50.3 cm³/mol. The van der Waals surface area contributed by atoms with Crippen LogP contribution in [0.25, 0.3) is 0 Å². The number of nitrogens with zero attached hydrogens (tertiary/aromatic N) is 1. The second kappa shape index (κ2) is 2.58. The van der Waals surface area contributed by atoms with E-state index in [9.17, 15) is 0 Å². The van der Waals surface area contributed by atoms with E-state index in [1.165, 1.54) is 5.56 Å². The Kier molecular flexibility index (Phi) is 1.74. The van der Waals surface area contributed by atoms with E-state index >= 15 is 0 Å². The van der Waals surface area contributed by atoms with Gasteiger partial charge in [-0.05, 0) is 30.7 Å². The van der Waals surface area contributed by atoms with Crippen molar-refractivity contribution in [3.05, 3.63) is 17.5 Å². The highest BCUT2D eigenvalue weighted by Gasteiger charge is 2.58. The van der Waals surface area contributed by atoms with Crippen LogP contribution in [0.5, 0.6) is 0 Å². The van der Waals surface area contributed by atoms with Crippen molar-refractivity contribution in [3.8, 4) is 0 Å². The topological polar surface area (TPSA) is 52.0 Å². The van der Waals surface area contributed by atoms with Crippen molar-refractivity contribution in [1.29, 1.82) is 0 Å². The maximum absolute atomic E-state index is 5.70. The highest BCUT2D eigenvalue weighted by Crippen LogP contribution is 2.64. The van der Waals surface area contributed by atoms with Crippen molar-refractivity contribution in [2.45, 2.75) is 26.7 Å². The van der Waals surface area contributed by atoms with Gasteiger partial charge in [0.25, 0.3) is 0 Å². The molecule has 0 saturated heterocycles. The van der Waals surface area contributed by atoms with E-state index in [0.29, 0.717) is 17.3 Å². The van der Waals surface area contributed by atoms with Crippen molar-refractivity contribution < 1.29 is 4.52 Å². The smallest absolute Gasteiger partial charge is 0.137 e. The van der Waals surface area contributed by atoms with Crippen LogP contribution in [-0.4, -0.2) is 11.7 Å². The molecular formula is C10H16N2O. The van der Waals surface area contributed by atoms with Crippen LogP contribution in [0.1, 0.15) is 31.1 Å². The molecule has 1 aliphatic carbocycles. The molecule has 2 unspecified atom stereocenters. The fourth-order valence-electron chi connectivity index (χ4n) is 2.41. The Hall–Kier alpha value is -0.830. The van der Waals surface area contributed by atoms with Gasteiger partial charge in [-0.25, -0.2) is 0 Å². The van der Waals surface area contributed by atoms with Gasteiger partial charge in [-0.2, -0.15) is 0 Å². The van der Waals surface area contributed by atoms with Crippen LogP contribution in [0.3, 0.4) is 0 Å². The number of aryl methyl sites for hydroxylation is 1. The van der Waals surface area contributed by atoms with Gasteiger partial charge in [0.15, 0.2) is 0 Å². The van der Waals surface area contributed by atoms with E-state index in [2.05, 4.69) is 19.0 Å². The molecule has 1 saturated carbocycles. The lowest BCUT2D eigenvalue weighted by Gasteiger charge is -1.99. The van der Waals surface area contributed by atoms with Crippen molar-refractivity contribution in [2.24, 2.45) is 17.1 Å². The monoisotopic (exact) mass is 180 g/mol. The summed E-state index contributed by atoms with van der Waals surface area (Å²) in [6.07, 6.45) is 1.83. The van der Waals surface area contributed by atoms with Gasteiger partial charge in [-0.15, -0.1) is 0 Å². The minimum Gasteiger partial charge on any atom is -0.361 e. The fraction of sp³-hybridized carbons (Fsp3) is 0.700. The summed E-state index contributed by atoms with van der Waals surface area (Å²) < 4.78 is 5.06. The second-order valence-corrected chi connectivity index (χ2v) is 4.48.